The van der Waals surface area contributed by atoms with Crippen LogP contribution < -0.4 is 10.5 Å². The number of pyridine rings is 1. The minimum atomic E-state index is -3.55. The lowest BCUT2D eigenvalue weighted by Gasteiger charge is -2.13. The van der Waals surface area contributed by atoms with Crippen LogP contribution in [0.5, 0.6) is 0 Å². The molecule has 1 atom stereocenters. The van der Waals surface area contributed by atoms with Crippen molar-refractivity contribution in [2.75, 3.05) is 26.7 Å². The van der Waals surface area contributed by atoms with Crippen LogP contribution in [0.3, 0.4) is 0 Å². The summed E-state index contributed by atoms with van der Waals surface area (Å²) in [5.41, 5.74) is 5.84. The fraction of sp³-hybridized carbons (Fsp3) is 0.462. The summed E-state index contributed by atoms with van der Waals surface area (Å²) in [6, 6.07) is 1.46. The van der Waals surface area contributed by atoms with Gasteiger partial charge >= 0.3 is 0 Å². The van der Waals surface area contributed by atoms with E-state index in [9.17, 15) is 8.42 Å². The zero-order valence-corrected chi connectivity index (χ0v) is 12.2. The Morgan fingerprint density at radius 3 is 3.00 bits per heavy atom. The van der Waals surface area contributed by atoms with Crippen LogP contribution in [0, 0.1) is 11.8 Å². The van der Waals surface area contributed by atoms with Gasteiger partial charge in [0.2, 0.25) is 10.0 Å². The SMILES string of the molecule is CN1CCC(NS(=O)(=O)c2cncc(C#CCN)c2)C1. The van der Waals surface area contributed by atoms with E-state index in [-0.39, 0.29) is 17.5 Å². The molecule has 0 spiro atoms. The minimum absolute atomic E-state index is 0.0521. The summed E-state index contributed by atoms with van der Waals surface area (Å²) >= 11 is 0. The average Bonchev–Trinajstić information content (AvgIpc) is 2.81. The Balaban J connectivity index is 2.16. The van der Waals surface area contributed by atoms with Crippen LogP contribution in [0.2, 0.25) is 0 Å². The van der Waals surface area contributed by atoms with Crippen LogP contribution in [-0.4, -0.2) is 51.0 Å². The van der Waals surface area contributed by atoms with Gasteiger partial charge in [-0.25, -0.2) is 13.1 Å². The molecular weight excluding hydrogens is 276 g/mol. The number of hydrogen-bond acceptors (Lipinski definition) is 5. The second kappa shape index (κ2) is 6.33. The largest absolute Gasteiger partial charge is 0.320 e. The summed E-state index contributed by atoms with van der Waals surface area (Å²) in [7, 11) is -1.58. The summed E-state index contributed by atoms with van der Waals surface area (Å²) in [4.78, 5) is 6.15. The third-order valence-electron chi connectivity index (χ3n) is 3.07. The predicted octanol–water partition coefficient (Wildman–Crippen LogP) is -0.626. The van der Waals surface area contributed by atoms with Gasteiger partial charge in [0.1, 0.15) is 4.90 Å². The van der Waals surface area contributed by atoms with Crippen molar-refractivity contribution in [3.8, 4) is 11.8 Å². The van der Waals surface area contributed by atoms with Crippen molar-refractivity contribution in [1.29, 1.82) is 0 Å². The molecule has 20 heavy (non-hydrogen) atoms. The van der Waals surface area contributed by atoms with Gasteiger partial charge in [-0.05, 0) is 26.1 Å². The van der Waals surface area contributed by atoms with Gasteiger partial charge in [-0.2, -0.15) is 0 Å². The molecule has 6 nitrogen and oxygen atoms in total. The molecule has 1 unspecified atom stereocenters. The minimum Gasteiger partial charge on any atom is -0.320 e. The molecule has 1 aromatic heterocycles. The highest BCUT2D eigenvalue weighted by atomic mass is 32.2. The van der Waals surface area contributed by atoms with Gasteiger partial charge < -0.3 is 10.6 Å². The fourth-order valence-electron chi connectivity index (χ4n) is 2.11. The fourth-order valence-corrected chi connectivity index (χ4v) is 3.35. The van der Waals surface area contributed by atoms with E-state index in [1.807, 2.05) is 7.05 Å². The molecule has 2 rings (SSSR count). The lowest BCUT2D eigenvalue weighted by Crippen LogP contribution is -2.36. The lowest BCUT2D eigenvalue weighted by atomic mass is 10.3. The van der Waals surface area contributed by atoms with Crippen molar-refractivity contribution in [1.82, 2.24) is 14.6 Å². The van der Waals surface area contributed by atoms with Crippen molar-refractivity contribution < 1.29 is 8.42 Å². The predicted molar refractivity (Wildman–Crippen MR) is 76.4 cm³/mol. The number of hydrogen-bond donors (Lipinski definition) is 2. The molecule has 0 bridgehead atoms. The number of sulfonamides is 1. The van der Waals surface area contributed by atoms with Crippen LogP contribution >= 0.6 is 0 Å². The zero-order valence-electron chi connectivity index (χ0n) is 11.3. The summed E-state index contributed by atoms with van der Waals surface area (Å²) < 4.78 is 27.3. The molecule has 1 saturated heterocycles. The molecule has 0 amide bonds. The quantitative estimate of drug-likeness (QED) is 0.725. The van der Waals surface area contributed by atoms with Crippen molar-refractivity contribution in [3.05, 3.63) is 24.0 Å². The van der Waals surface area contributed by atoms with E-state index >= 15 is 0 Å². The molecule has 0 aliphatic carbocycles. The normalized spacial score (nSPS) is 19.6. The molecule has 0 aromatic carbocycles. The standard InChI is InChI=1S/C13H18N4O2S/c1-17-6-4-12(10-17)16-20(18,19)13-7-11(3-2-5-14)8-15-9-13/h7-9,12,16H,4-6,10,14H2,1H3. The van der Waals surface area contributed by atoms with Gasteiger partial charge in [0, 0.05) is 30.5 Å². The van der Waals surface area contributed by atoms with E-state index in [1.165, 1.54) is 18.5 Å². The number of nitrogens with one attached hydrogen (secondary N) is 1. The topological polar surface area (TPSA) is 88.3 Å². The molecule has 1 aliphatic rings. The van der Waals surface area contributed by atoms with Crippen LogP contribution in [0.4, 0.5) is 0 Å². The number of likely N-dealkylation sites (tertiary alicyclic amines) is 1. The van der Waals surface area contributed by atoms with Crippen molar-refractivity contribution in [2.45, 2.75) is 17.4 Å². The van der Waals surface area contributed by atoms with E-state index < -0.39 is 10.0 Å². The zero-order chi connectivity index (χ0) is 14.6. The van der Waals surface area contributed by atoms with E-state index in [1.54, 1.807) is 0 Å². The highest BCUT2D eigenvalue weighted by Crippen LogP contribution is 2.13. The molecular formula is C13H18N4O2S. The van der Waals surface area contributed by atoms with E-state index in [0.29, 0.717) is 5.56 Å². The van der Waals surface area contributed by atoms with Gasteiger partial charge in [-0.3, -0.25) is 4.98 Å². The van der Waals surface area contributed by atoms with E-state index in [2.05, 4.69) is 26.4 Å². The molecule has 3 N–H and O–H groups in total. The highest BCUT2D eigenvalue weighted by Gasteiger charge is 2.25. The van der Waals surface area contributed by atoms with Crippen molar-refractivity contribution in [3.63, 3.8) is 0 Å². The molecule has 1 aliphatic heterocycles. The Kier molecular flexibility index (Phi) is 4.73. The molecule has 7 heteroatoms. The van der Waals surface area contributed by atoms with E-state index in [4.69, 9.17) is 5.73 Å². The van der Waals surface area contributed by atoms with E-state index in [0.717, 1.165) is 19.5 Å². The average molecular weight is 294 g/mol. The first-order chi connectivity index (χ1) is 9.51. The Bertz CT molecular complexity index is 633. The summed E-state index contributed by atoms with van der Waals surface area (Å²) in [5.74, 6) is 5.46. The molecule has 1 fully saturated rings. The maximum absolute atomic E-state index is 12.3. The monoisotopic (exact) mass is 294 g/mol. The Labute approximate surface area is 119 Å². The molecule has 0 radical (unpaired) electrons. The van der Waals surface area contributed by atoms with Gasteiger partial charge in [0.15, 0.2) is 0 Å². The van der Waals surface area contributed by atoms with Crippen LogP contribution in [-0.2, 0) is 10.0 Å². The van der Waals surface area contributed by atoms with Crippen molar-refractivity contribution in [2.24, 2.45) is 5.73 Å². The lowest BCUT2D eigenvalue weighted by molar-refractivity contribution is 0.407. The third kappa shape index (κ3) is 3.77. The van der Waals surface area contributed by atoms with Gasteiger partial charge in [-0.1, -0.05) is 11.8 Å². The summed E-state index contributed by atoms with van der Waals surface area (Å²) in [5, 5.41) is 0. The second-order valence-corrected chi connectivity index (χ2v) is 6.50. The number of nitrogens with two attached hydrogens (primary N) is 1. The Hall–Kier alpha value is -1.46. The summed E-state index contributed by atoms with van der Waals surface area (Å²) in [6.07, 6.45) is 3.66. The highest BCUT2D eigenvalue weighted by molar-refractivity contribution is 7.89. The van der Waals surface area contributed by atoms with Crippen molar-refractivity contribution >= 4 is 10.0 Å². The molecule has 1 aromatic rings. The number of likely N-dealkylation sites (N-methyl/N-ethyl adjacent to an activating group) is 1. The van der Waals surface area contributed by atoms with Crippen LogP contribution in [0.1, 0.15) is 12.0 Å². The number of nitrogens with zero attached hydrogens (tertiary/aromatic N) is 2. The number of aromatic nitrogens is 1. The molecule has 2 heterocycles. The molecule has 0 saturated carbocycles. The smallest absolute Gasteiger partial charge is 0.242 e. The Morgan fingerprint density at radius 1 is 1.55 bits per heavy atom. The van der Waals surface area contributed by atoms with Crippen LogP contribution in [0.25, 0.3) is 0 Å². The maximum Gasteiger partial charge on any atom is 0.242 e. The second-order valence-electron chi connectivity index (χ2n) is 4.78. The van der Waals surface area contributed by atoms with Gasteiger partial charge in [-0.15, -0.1) is 0 Å². The Morgan fingerprint density at radius 2 is 2.35 bits per heavy atom. The summed E-state index contributed by atoms with van der Waals surface area (Å²) in [6.45, 7) is 1.84. The van der Waals surface area contributed by atoms with Gasteiger partial charge in [0.05, 0.1) is 6.54 Å². The third-order valence-corrected chi connectivity index (χ3v) is 4.56. The maximum atomic E-state index is 12.3. The number of rotatable bonds is 3. The first-order valence-electron chi connectivity index (χ1n) is 6.36. The first-order valence-corrected chi connectivity index (χ1v) is 7.84. The van der Waals surface area contributed by atoms with Crippen LogP contribution in [0.15, 0.2) is 23.4 Å². The first kappa shape index (κ1) is 14.9. The molecule has 108 valence electrons. The van der Waals surface area contributed by atoms with Gasteiger partial charge in [0.25, 0.3) is 0 Å².